The summed E-state index contributed by atoms with van der Waals surface area (Å²) in [5.74, 6) is 0.496. The molecule has 0 fully saturated rings. The van der Waals surface area contributed by atoms with Gasteiger partial charge in [-0.15, -0.1) is 0 Å². The molecular formula is C10H11NS. The maximum atomic E-state index is 4.26. The van der Waals surface area contributed by atoms with Crippen molar-refractivity contribution in [2.75, 3.05) is 7.05 Å². The number of nitrogens with zero attached hydrogens (tertiary/aromatic N) is 1. The van der Waals surface area contributed by atoms with Crippen molar-refractivity contribution in [2.24, 2.45) is 4.99 Å². The van der Waals surface area contributed by atoms with E-state index in [1.165, 1.54) is 15.5 Å². The highest BCUT2D eigenvalue weighted by Crippen LogP contribution is 2.40. The second kappa shape index (κ2) is 2.94. The Kier molecular flexibility index (Phi) is 1.93. The van der Waals surface area contributed by atoms with E-state index in [-0.39, 0.29) is 0 Å². The molecule has 0 aromatic heterocycles. The largest absolute Gasteiger partial charge is 0.285 e. The van der Waals surface area contributed by atoms with E-state index in [9.17, 15) is 0 Å². The Hall–Kier alpha value is -0.760. The lowest BCUT2D eigenvalue weighted by atomic mass is 10.0. The lowest BCUT2D eigenvalue weighted by Gasteiger charge is -2.01. The Morgan fingerprint density at radius 3 is 2.75 bits per heavy atom. The summed E-state index contributed by atoms with van der Waals surface area (Å²) in [5.41, 5.74) is 1.42. The maximum Gasteiger partial charge on any atom is 0.0792 e. The smallest absolute Gasteiger partial charge is 0.0792 e. The van der Waals surface area contributed by atoms with E-state index in [2.05, 4.69) is 36.2 Å². The fourth-order valence-corrected chi connectivity index (χ4v) is 2.63. The quantitative estimate of drug-likeness (QED) is 0.593. The van der Waals surface area contributed by atoms with Crippen molar-refractivity contribution in [2.45, 2.75) is 17.7 Å². The number of fused-ring (bicyclic) bond motifs is 1. The van der Waals surface area contributed by atoms with Crippen LogP contribution in [0.5, 0.6) is 0 Å². The van der Waals surface area contributed by atoms with Crippen LogP contribution in [-0.2, 0) is 0 Å². The van der Waals surface area contributed by atoms with E-state index < -0.39 is 0 Å². The van der Waals surface area contributed by atoms with Crippen molar-refractivity contribution in [1.82, 2.24) is 0 Å². The van der Waals surface area contributed by atoms with E-state index in [0.717, 1.165) is 0 Å². The predicted octanol–water partition coefficient (Wildman–Crippen LogP) is 2.92. The molecule has 0 amide bonds. The van der Waals surface area contributed by atoms with Gasteiger partial charge in [0.25, 0.3) is 0 Å². The average Bonchev–Trinajstić information content (AvgIpc) is 2.44. The van der Waals surface area contributed by atoms with Gasteiger partial charge in [0, 0.05) is 17.9 Å². The van der Waals surface area contributed by atoms with Crippen LogP contribution >= 0.6 is 11.8 Å². The third-order valence-corrected chi connectivity index (χ3v) is 3.53. The normalized spacial score (nSPS) is 24.5. The number of thioether (sulfide) groups is 1. The highest BCUT2D eigenvalue weighted by atomic mass is 32.2. The first-order chi connectivity index (χ1) is 5.83. The summed E-state index contributed by atoms with van der Waals surface area (Å²) < 4.78 is 0. The maximum absolute atomic E-state index is 4.26. The molecule has 0 saturated carbocycles. The molecule has 1 heterocycles. The van der Waals surface area contributed by atoms with Gasteiger partial charge >= 0.3 is 0 Å². The van der Waals surface area contributed by atoms with Gasteiger partial charge in [-0.05, 0) is 11.6 Å². The third-order valence-electron chi connectivity index (χ3n) is 2.19. The molecule has 62 valence electrons. The molecule has 0 saturated heterocycles. The Balaban J connectivity index is 2.49. The Morgan fingerprint density at radius 1 is 1.33 bits per heavy atom. The zero-order valence-corrected chi connectivity index (χ0v) is 8.06. The summed E-state index contributed by atoms with van der Waals surface area (Å²) in [6.07, 6.45) is 0. The highest BCUT2D eigenvalue weighted by Gasteiger charge is 2.24. The molecule has 0 spiro atoms. The number of hydrogen-bond acceptors (Lipinski definition) is 2. The lowest BCUT2D eigenvalue weighted by Crippen LogP contribution is -1.96. The Bertz CT molecular complexity index is 330. The minimum absolute atomic E-state index is 0.496. The Morgan fingerprint density at radius 2 is 2.08 bits per heavy atom. The van der Waals surface area contributed by atoms with E-state index in [1.807, 2.05) is 7.05 Å². The van der Waals surface area contributed by atoms with Gasteiger partial charge in [-0.25, -0.2) is 0 Å². The summed E-state index contributed by atoms with van der Waals surface area (Å²) in [4.78, 5) is 5.63. The van der Waals surface area contributed by atoms with Gasteiger partial charge in [0.2, 0.25) is 0 Å². The Labute approximate surface area is 76.9 Å². The number of hydrogen-bond donors (Lipinski definition) is 0. The molecule has 0 bridgehead atoms. The van der Waals surface area contributed by atoms with Crippen LogP contribution in [-0.4, -0.2) is 12.1 Å². The van der Waals surface area contributed by atoms with E-state index >= 15 is 0 Å². The molecule has 1 unspecified atom stereocenters. The molecule has 1 aliphatic heterocycles. The number of benzene rings is 1. The SMILES string of the molecule is C/N=C1\Sc2ccccc2C1C. The minimum atomic E-state index is 0.496. The first kappa shape index (κ1) is 7.87. The fraction of sp³-hybridized carbons (Fsp3) is 0.300. The molecule has 2 rings (SSSR count). The topological polar surface area (TPSA) is 12.4 Å². The molecule has 0 N–H and O–H groups in total. The molecule has 0 radical (unpaired) electrons. The van der Waals surface area contributed by atoms with Crippen LogP contribution in [0.25, 0.3) is 0 Å². The summed E-state index contributed by atoms with van der Waals surface area (Å²) in [7, 11) is 1.87. The second-order valence-corrected chi connectivity index (χ2v) is 3.99. The first-order valence-electron chi connectivity index (χ1n) is 4.06. The molecule has 12 heavy (non-hydrogen) atoms. The lowest BCUT2D eigenvalue weighted by molar-refractivity contribution is 1.01. The molecular weight excluding hydrogens is 166 g/mol. The molecule has 1 atom stereocenters. The third kappa shape index (κ3) is 1.07. The molecule has 1 aliphatic rings. The van der Waals surface area contributed by atoms with Gasteiger partial charge < -0.3 is 0 Å². The zero-order chi connectivity index (χ0) is 8.55. The standard InChI is InChI=1S/C10H11NS/c1-7-8-5-3-4-6-9(8)12-10(7)11-2/h3-7H,1-2H3/b11-10-. The van der Waals surface area contributed by atoms with Gasteiger partial charge in [-0.2, -0.15) is 0 Å². The summed E-state index contributed by atoms with van der Waals surface area (Å²) in [5, 5.41) is 1.23. The summed E-state index contributed by atoms with van der Waals surface area (Å²) >= 11 is 1.79. The average molecular weight is 177 g/mol. The molecule has 1 aromatic rings. The summed E-state index contributed by atoms with van der Waals surface area (Å²) in [6.45, 7) is 2.21. The van der Waals surface area contributed by atoms with Crippen LogP contribution in [0, 0.1) is 0 Å². The first-order valence-corrected chi connectivity index (χ1v) is 4.88. The minimum Gasteiger partial charge on any atom is -0.285 e. The van der Waals surface area contributed by atoms with Crippen LogP contribution in [0.3, 0.4) is 0 Å². The fourth-order valence-electron chi connectivity index (χ4n) is 1.50. The molecule has 0 aliphatic carbocycles. The molecule has 2 heteroatoms. The number of aliphatic imine (C=N–C) groups is 1. The predicted molar refractivity (Wildman–Crippen MR) is 54.1 cm³/mol. The second-order valence-electron chi connectivity index (χ2n) is 2.92. The van der Waals surface area contributed by atoms with Crippen LogP contribution in [0.4, 0.5) is 0 Å². The van der Waals surface area contributed by atoms with E-state index in [1.54, 1.807) is 11.8 Å². The van der Waals surface area contributed by atoms with Gasteiger partial charge in [-0.1, -0.05) is 36.9 Å². The van der Waals surface area contributed by atoms with Crippen LogP contribution in [0.2, 0.25) is 0 Å². The van der Waals surface area contributed by atoms with E-state index in [4.69, 9.17) is 0 Å². The highest BCUT2D eigenvalue weighted by molar-refractivity contribution is 8.14. The van der Waals surface area contributed by atoms with Gasteiger partial charge in [0.15, 0.2) is 0 Å². The monoisotopic (exact) mass is 177 g/mol. The van der Waals surface area contributed by atoms with Crippen LogP contribution in [0.15, 0.2) is 34.2 Å². The van der Waals surface area contributed by atoms with Crippen molar-refractivity contribution < 1.29 is 0 Å². The van der Waals surface area contributed by atoms with Crippen molar-refractivity contribution in [3.63, 3.8) is 0 Å². The van der Waals surface area contributed by atoms with Crippen molar-refractivity contribution in [3.05, 3.63) is 29.8 Å². The molecule has 1 nitrogen and oxygen atoms in total. The van der Waals surface area contributed by atoms with Crippen molar-refractivity contribution in [3.8, 4) is 0 Å². The summed E-state index contributed by atoms with van der Waals surface area (Å²) in [6, 6.07) is 8.52. The van der Waals surface area contributed by atoms with E-state index in [0.29, 0.717) is 5.92 Å². The van der Waals surface area contributed by atoms with Gasteiger partial charge in [-0.3, -0.25) is 4.99 Å². The molecule has 1 aromatic carbocycles. The number of rotatable bonds is 0. The van der Waals surface area contributed by atoms with Crippen molar-refractivity contribution >= 4 is 16.8 Å². The van der Waals surface area contributed by atoms with Crippen LogP contribution in [0.1, 0.15) is 18.4 Å². The van der Waals surface area contributed by atoms with Gasteiger partial charge in [0.1, 0.15) is 0 Å². The van der Waals surface area contributed by atoms with Gasteiger partial charge in [0.05, 0.1) is 5.04 Å². The van der Waals surface area contributed by atoms with Crippen LogP contribution < -0.4 is 0 Å². The van der Waals surface area contributed by atoms with Crippen molar-refractivity contribution in [1.29, 1.82) is 0 Å². The zero-order valence-electron chi connectivity index (χ0n) is 7.24.